The van der Waals surface area contributed by atoms with Crippen molar-refractivity contribution in [3.05, 3.63) is 82.8 Å². The number of piperazine rings is 1. The first kappa shape index (κ1) is 27.7. The fraction of sp³-hybridized carbons (Fsp3) is 0.321. The smallest absolute Gasteiger partial charge is 0.416 e. The van der Waals surface area contributed by atoms with Crippen LogP contribution in [0.5, 0.6) is 0 Å². The molecule has 1 aliphatic heterocycles. The maximum Gasteiger partial charge on any atom is 0.416 e. The number of benzene rings is 2. The van der Waals surface area contributed by atoms with Crippen LogP contribution in [-0.2, 0) is 10.9 Å². The summed E-state index contributed by atoms with van der Waals surface area (Å²) in [6.07, 6.45) is -4.50. The third-order valence-corrected chi connectivity index (χ3v) is 6.38. The molecule has 0 aliphatic carbocycles. The van der Waals surface area contributed by atoms with Gasteiger partial charge in [0.15, 0.2) is 0 Å². The zero-order valence-corrected chi connectivity index (χ0v) is 21.7. The van der Waals surface area contributed by atoms with Gasteiger partial charge in [-0.2, -0.15) is 13.2 Å². The van der Waals surface area contributed by atoms with Crippen molar-refractivity contribution in [1.82, 2.24) is 19.8 Å². The predicted molar refractivity (Wildman–Crippen MR) is 136 cm³/mol. The summed E-state index contributed by atoms with van der Waals surface area (Å²) >= 11 is 0. The van der Waals surface area contributed by atoms with Crippen LogP contribution in [-0.4, -0.2) is 69.8 Å². The van der Waals surface area contributed by atoms with Gasteiger partial charge in [-0.3, -0.25) is 9.59 Å². The Labute approximate surface area is 223 Å². The first-order chi connectivity index (χ1) is 18.5. The highest BCUT2D eigenvalue weighted by Gasteiger charge is 2.35. The van der Waals surface area contributed by atoms with Crippen LogP contribution in [0.15, 0.2) is 54.6 Å². The summed E-state index contributed by atoms with van der Waals surface area (Å²) in [4.78, 5) is 51.5. The number of rotatable bonds is 5. The van der Waals surface area contributed by atoms with Gasteiger partial charge in [0, 0.05) is 36.8 Å². The number of aryl methyl sites for hydroxylation is 1. The van der Waals surface area contributed by atoms with Gasteiger partial charge in [0.25, 0.3) is 11.8 Å². The van der Waals surface area contributed by atoms with Crippen LogP contribution in [0, 0.1) is 6.92 Å². The highest BCUT2D eigenvalue weighted by Crippen LogP contribution is 2.30. The van der Waals surface area contributed by atoms with Crippen LogP contribution in [0.25, 0.3) is 11.3 Å². The summed E-state index contributed by atoms with van der Waals surface area (Å²) in [6, 6.07) is 12.5. The van der Waals surface area contributed by atoms with E-state index in [-0.39, 0.29) is 48.8 Å². The molecular formula is C28H27F3N4O4. The van der Waals surface area contributed by atoms with Crippen molar-refractivity contribution in [2.45, 2.75) is 33.0 Å². The van der Waals surface area contributed by atoms with Crippen molar-refractivity contribution >= 4 is 17.8 Å². The van der Waals surface area contributed by atoms with E-state index in [1.54, 1.807) is 45.0 Å². The molecule has 39 heavy (non-hydrogen) atoms. The van der Waals surface area contributed by atoms with Crippen LogP contribution in [0.1, 0.15) is 56.4 Å². The highest BCUT2D eigenvalue weighted by atomic mass is 19.4. The van der Waals surface area contributed by atoms with Gasteiger partial charge in [-0.15, -0.1) is 0 Å². The molecule has 1 fully saturated rings. The molecule has 1 saturated heterocycles. The molecular weight excluding hydrogens is 513 g/mol. The molecule has 0 radical (unpaired) electrons. The molecule has 0 N–H and O–H groups in total. The van der Waals surface area contributed by atoms with E-state index >= 15 is 0 Å². The minimum atomic E-state index is -4.50. The molecule has 2 aromatic carbocycles. The van der Waals surface area contributed by atoms with Crippen LogP contribution in [0.3, 0.4) is 0 Å². The van der Waals surface area contributed by atoms with Crippen molar-refractivity contribution in [3.8, 4) is 11.3 Å². The number of hydrogen-bond donors (Lipinski definition) is 0. The zero-order chi connectivity index (χ0) is 28.3. The molecule has 2 heterocycles. The summed E-state index contributed by atoms with van der Waals surface area (Å²) in [5.41, 5.74) is 0.0756. The molecule has 4 rings (SSSR count). The lowest BCUT2D eigenvalue weighted by atomic mass is 10.0. The Morgan fingerprint density at radius 2 is 1.64 bits per heavy atom. The third kappa shape index (κ3) is 5.92. The molecule has 1 atom stereocenters. The molecule has 0 bridgehead atoms. The Bertz CT molecular complexity index is 1380. The van der Waals surface area contributed by atoms with E-state index in [2.05, 4.69) is 9.97 Å². The van der Waals surface area contributed by atoms with Gasteiger partial charge in [-0.05, 0) is 45.0 Å². The molecule has 2 amide bonds. The normalized spacial score (nSPS) is 15.7. The number of esters is 1. The second kappa shape index (κ2) is 11.2. The van der Waals surface area contributed by atoms with Crippen molar-refractivity contribution in [2.24, 2.45) is 0 Å². The average Bonchev–Trinajstić information content (AvgIpc) is 2.92. The standard InChI is InChI=1S/C28H27F3N4O4/c1-4-39-27(38)22-23(19-8-6-5-7-9-19)32-18(3)33-24(22)26(37)34-14-15-35(17(2)16-34)25(36)20-10-12-21(13-11-20)28(29,30)31/h5-13,17H,4,14-16H2,1-3H3. The SMILES string of the molecule is CCOC(=O)c1c(C(=O)N2CCN(C(=O)c3ccc(C(F)(F)F)cc3)C(C)C2)nc(C)nc1-c1ccccc1. The number of carbonyl (C=O) groups is 3. The van der Waals surface area contributed by atoms with Gasteiger partial charge in [-0.25, -0.2) is 14.8 Å². The van der Waals surface area contributed by atoms with E-state index in [1.807, 2.05) is 6.07 Å². The number of amides is 2. The monoisotopic (exact) mass is 540 g/mol. The Morgan fingerprint density at radius 1 is 0.974 bits per heavy atom. The molecule has 204 valence electrons. The second-order valence-corrected chi connectivity index (χ2v) is 9.10. The lowest BCUT2D eigenvalue weighted by Gasteiger charge is -2.40. The van der Waals surface area contributed by atoms with E-state index in [9.17, 15) is 27.6 Å². The minimum absolute atomic E-state index is 0.0328. The first-order valence-electron chi connectivity index (χ1n) is 12.4. The Hall–Kier alpha value is -4.28. The number of alkyl halides is 3. The van der Waals surface area contributed by atoms with Crippen molar-refractivity contribution < 1.29 is 32.3 Å². The van der Waals surface area contributed by atoms with Crippen molar-refractivity contribution in [1.29, 1.82) is 0 Å². The number of carbonyl (C=O) groups excluding carboxylic acids is 3. The maximum absolute atomic E-state index is 13.7. The lowest BCUT2D eigenvalue weighted by Crippen LogP contribution is -2.55. The van der Waals surface area contributed by atoms with Gasteiger partial charge >= 0.3 is 12.1 Å². The summed E-state index contributed by atoms with van der Waals surface area (Å²) in [7, 11) is 0. The van der Waals surface area contributed by atoms with Crippen molar-refractivity contribution in [3.63, 3.8) is 0 Å². The van der Waals surface area contributed by atoms with E-state index in [4.69, 9.17) is 4.74 Å². The largest absolute Gasteiger partial charge is 0.462 e. The molecule has 8 nitrogen and oxygen atoms in total. The Morgan fingerprint density at radius 3 is 2.23 bits per heavy atom. The minimum Gasteiger partial charge on any atom is -0.462 e. The van der Waals surface area contributed by atoms with Gasteiger partial charge in [0.1, 0.15) is 17.1 Å². The van der Waals surface area contributed by atoms with E-state index in [0.717, 1.165) is 24.3 Å². The summed E-state index contributed by atoms with van der Waals surface area (Å²) in [5, 5.41) is 0. The van der Waals surface area contributed by atoms with Gasteiger partial charge in [-0.1, -0.05) is 30.3 Å². The average molecular weight is 541 g/mol. The van der Waals surface area contributed by atoms with Crippen LogP contribution >= 0.6 is 0 Å². The number of aromatic nitrogens is 2. The fourth-order valence-electron chi connectivity index (χ4n) is 4.49. The molecule has 1 aliphatic rings. The number of ether oxygens (including phenoxy) is 1. The molecule has 3 aromatic rings. The first-order valence-corrected chi connectivity index (χ1v) is 12.4. The van der Waals surface area contributed by atoms with Crippen molar-refractivity contribution in [2.75, 3.05) is 26.2 Å². The summed E-state index contributed by atoms with van der Waals surface area (Å²) in [6.45, 7) is 5.55. The molecule has 1 aromatic heterocycles. The summed E-state index contributed by atoms with van der Waals surface area (Å²) < 4.78 is 43.9. The van der Waals surface area contributed by atoms with E-state index in [0.29, 0.717) is 11.4 Å². The second-order valence-electron chi connectivity index (χ2n) is 9.10. The van der Waals surface area contributed by atoms with E-state index in [1.165, 1.54) is 9.80 Å². The number of nitrogens with zero attached hydrogens (tertiary/aromatic N) is 4. The van der Waals surface area contributed by atoms with E-state index < -0.39 is 35.6 Å². The zero-order valence-electron chi connectivity index (χ0n) is 21.7. The third-order valence-electron chi connectivity index (χ3n) is 6.38. The Kier molecular flexibility index (Phi) is 7.98. The maximum atomic E-state index is 13.7. The molecule has 0 spiro atoms. The van der Waals surface area contributed by atoms with Crippen LogP contribution < -0.4 is 0 Å². The number of halogens is 3. The molecule has 0 saturated carbocycles. The quantitative estimate of drug-likeness (QED) is 0.438. The van der Waals surface area contributed by atoms with Crippen LogP contribution in [0.2, 0.25) is 0 Å². The van der Waals surface area contributed by atoms with Gasteiger partial charge < -0.3 is 14.5 Å². The molecule has 11 heteroatoms. The fourth-order valence-corrected chi connectivity index (χ4v) is 4.49. The van der Waals surface area contributed by atoms with Gasteiger partial charge in [0.05, 0.1) is 17.9 Å². The Balaban J connectivity index is 1.59. The molecule has 1 unspecified atom stereocenters. The lowest BCUT2D eigenvalue weighted by molar-refractivity contribution is -0.137. The number of hydrogen-bond acceptors (Lipinski definition) is 6. The van der Waals surface area contributed by atoms with Gasteiger partial charge in [0.2, 0.25) is 0 Å². The predicted octanol–water partition coefficient (Wildman–Crippen LogP) is 4.63. The summed E-state index contributed by atoms with van der Waals surface area (Å²) in [5.74, 6) is -1.35. The van der Waals surface area contributed by atoms with Crippen LogP contribution in [0.4, 0.5) is 13.2 Å². The highest BCUT2D eigenvalue weighted by molar-refractivity contribution is 6.07. The topological polar surface area (TPSA) is 92.7 Å².